The van der Waals surface area contributed by atoms with Crippen molar-refractivity contribution in [3.05, 3.63) is 0 Å². The lowest BCUT2D eigenvalue weighted by Crippen LogP contribution is -2.50. The number of rotatable bonds is 26. The van der Waals surface area contributed by atoms with E-state index in [1.807, 2.05) is 0 Å². The van der Waals surface area contributed by atoms with Crippen molar-refractivity contribution in [2.75, 3.05) is 19.7 Å². The van der Waals surface area contributed by atoms with Gasteiger partial charge in [0.05, 0.1) is 18.4 Å². The van der Waals surface area contributed by atoms with E-state index < -0.39 is 30.3 Å². The maximum absolute atomic E-state index is 11.3. The first kappa shape index (κ1) is 34.8. The number of unbranched alkanes of at least 4 members (excludes halogenated alkanes) is 14. The molecule has 0 rings (SSSR count). The lowest BCUT2D eigenvalue weighted by atomic mass is 10.1. The van der Waals surface area contributed by atoms with Crippen molar-refractivity contribution in [1.82, 2.24) is 10.6 Å². The first-order chi connectivity index (χ1) is 17.4. The van der Waals surface area contributed by atoms with E-state index in [1.165, 1.54) is 77.0 Å². The van der Waals surface area contributed by atoms with Gasteiger partial charge in [0.25, 0.3) is 0 Å². The molecule has 8 heteroatoms. The van der Waals surface area contributed by atoms with Crippen LogP contribution in [0.1, 0.15) is 129 Å². The van der Waals surface area contributed by atoms with Crippen molar-refractivity contribution in [2.24, 2.45) is 0 Å². The normalized spacial score (nSPS) is 13.9. The summed E-state index contributed by atoms with van der Waals surface area (Å²) in [4.78, 5) is 22.1. The zero-order chi connectivity index (χ0) is 26.9. The molecule has 36 heavy (non-hydrogen) atoms. The quantitative estimate of drug-likeness (QED) is 0.0475. The average molecular weight is 517 g/mol. The number of carbonyl (C=O) groups is 2. The minimum atomic E-state index is -1.64. The molecule has 5 N–H and O–H groups in total. The van der Waals surface area contributed by atoms with E-state index in [1.54, 1.807) is 0 Å². The van der Waals surface area contributed by atoms with Crippen molar-refractivity contribution in [3.8, 4) is 0 Å². The second-order valence-corrected chi connectivity index (χ2v) is 10.1. The molecule has 0 saturated heterocycles. The Bertz CT molecular complexity index is 490. The predicted octanol–water partition coefficient (Wildman–Crippen LogP) is 4.90. The average Bonchev–Trinajstić information content (AvgIpc) is 2.86. The van der Waals surface area contributed by atoms with Crippen LogP contribution in [0.15, 0.2) is 0 Å². The topological polar surface area (TPSA) is 128 Å². The van der Waals surface area contributed by atoms with Crippen LogP contribution in [-0.4, -0.2) is 65.3 Å². The standard InChI is InChI=1S/C28H56N2O6/c1-3-5-7-9-11-13-15-17-19-24(31)21-29-26(23-36-28(35)27(33)34)30-22-25(32)20-18-16-14-12-10-8-6-4-2/h24-26,29-32H,3-23H2,1-2H3,(H,33,34). The highest BCUT2D eigenvalue weighted by Crippen LogP contribution is 2.12. The molecule has 8 nitrogen and oxygen atoms in total. The highest BCUT2D eigenvalue weighted by molar-refractivity contribution is 6.28. The molecule has 0 spiro atoms. The van der Waals surface area contributed by atoms with Crippen LogP contribution in [0.5, 0.6) is 0 Å². The van der Waals surface area contributed by atoms with Crippen LogP contribution in [0.25, 0.3) is 0 Å². The molecule has 0 aliphatic rings. The maximum Gasteiger partial charge on any atom is 0.417 e. The fourth-order valence-electron chi connectivity index (χ4n) is 4.20. The van der Waals surface area contributed by atoms with Gasteiger partial charge in [0.2, 0.25) is 0 Å². The molecule has 0 aliphatic heterocycles. The largest absolute Gasteiger partial charge is 0.473 e. The van der Waals surface area contributed by atoms with Crippen LogP contribution in [0, 0.1) is 0 Å². The van der Waals surface area contributed by atoms with Gasteiger partial charge in [-0.25, -0.2) is 9.59 Å². The monoisotopic (exact) mass is 516 g/mol. The summed E-state index contributed by atoms with van der Waals surface area (Å²) in [6.45, 7) is 4.83. The fraction of sp³-hybridized carbons (Fsp3) is 0.929. The van der Waals surface area contributed by atoms with Crippen LogP contribution in [-0.2, 0) is 14.3 Å². The van der Waals surface area contributed by atoms with Crippen molar-refractivity contribution >= 4 is 11.9 Å². The van der Waals surface area contributed by atoms with Gasteiger partial charge in [-0.15, -0.1) is 0 Å². The summed E-state index contributed by atoms with van der Waals surface area (Å²) in [5.74, 6) is -2.96. The Morgan fingerprint density at radius 2 is 1.00 bits per heavy atom. The number of aliphatic hydroxyl groups is 2. The minimum absolute atomic E-state index is 0.194. The zero-order valence-electron chi connectivity index (χ0n) is 23.1. The lowest BCUT2D eigenvalue weighted by molar-refractivity contribution is -0.164. The Hall–Kier alpha value is -1.22. The van der Waals surface area contributed by atoms with Crippen LogP contribution >= 0.6 is 0 Å². The number of nitrogens with one attached hydrogen (secondary N) is 2. The number of carbonyl (C=O) groups excluding carboxylic acids is 1. The van der Waals surface area contributed by atoms with E-state index in [0.717, 1.165) is 25.7 Å². The maximum atomic E-state index is 11.3. The van der Waals surface area contributed by atoms with Crippen molar-refractivity contribution in [1.29, 1.82) is 0 Å². The van der Waals surface area contributed by atoms with Gasteiger partial charge in [0.15, 0.2) is 0 Å². The van der Waals surface area contributed by atoms with E-state index in [-0.39, 0.29) is 6.61 Å². The Labute approximate surface area is 220 Å². The SMILES string of the molecule is CCCCCCCCCCC(O)CNC(COC(=O)C(=O)O)NCC(O)CCCCCCCCCC. The summed E-state index contributed by atoms with van der Waals surface area (Å²) in [5.41, 5.74) is 0. The van der Waals surface area contributed by atoms with Crippen LogP contribution < -0.4 is 10.6 Å². The van der Waals surface area contributed by atoms with Crippen LogP contribution in [0.4, 0.5) is 0 Å². The second kappa shape index (κ2) is 25.4. The van der Waals surface area contributed by atoms with Crippen LogP contribution in [0.2, 0.25) is 0 Å². The molecule has 0 fully saturated rings. The van der Waals surface area contributed by atoms with Crippen LogP contribution in [0.3, 0.4) is 0 Å². The number of carboxylic acid groups (broad SMARTS) is 1. The Kier molecular flexibility index (Phi) is 24.6. The van der Waals surface area contributed by atoms with Gasteiger partial charge in [-0.05, 0) is 12.8 Å². The molecule has 0 aromatic carbocycles. The molecule has 0 bridgehead atoms. The summed E-state index contributed by atoms with van der Waals surface area (Å²) in [5, 5.41) is 35.6. The molecule has 2 atom stereocenters. The summed E-state index contributed by atoms with van der Waals surface area (Å²) >= 11 is 0. The van der Waals surface area contributed by atoms with Gasteiger partial charge in [-0.3, -0.25) is 10.6 Å². The number of esters is 1. The number of ether oxygens (including phenoxy) is 1. The molecule has 0 saturated carbocycles. The van der Waals surface area contributed by atoms with E-state index in [9.17, 15) is 19.8 Å². The van der Waals surface area contributed by atoms with Gasteiger partial charge in [0, 0.05) is 13.1 Å². The molecule has 0 aromatic heterocycles. The number of aliphatic carboxylic acids is 1. The van der Waals surface area contributed by atoms with Gasteiger partial charge in [-0.1, -0.05) is 117 Å². The molecule has 0 heterocycles. The number of hydrogen-bond acceptors (Lipinski definition) is 7. The second-order valence-electron chi connectivity index (χ2n) is 10.1. The smallest absolute Gasteiger partial charge is 0.417 e. The Balaban J connectivity index is 4.15. The molecule has 0 amide bonds. The molecule has 0 aliphatic carbocycles. The first-order valence-electron chi connectivity index (χ1n) is 14.6. The van der Waals surface area contributed by atoms with E-state index in [2.05, 4.69) is 24.5 Å². The van der Waals surface area contributed by atoms with Gasteiger partial charge in [-0.2, -0.15) is 0 Å². The third kappa shape index (κ3) is 23.2. The highest BCUT2D eigenvalue weighted by Gasteiger charge is 2.18. The lowest BCUT2D eigenvalue weighted by Gasteiger charge is -2.23. The van der Waals surface area contributed by atoms with Crippen molar-refractivity contribution in [2.45, 2.75) is 148 Å². The first-order valence-corrected chi connectivity index (χ1v) is 14.6. The third-order valence-corrected chi connectivity index (χ3v) is 6.54. The Morgan fingerprint density at radius 3 is 1.36 bits per heavy atom. The molecule has 214 valence electrons. The summed E-state index contributed by atoms with van der Waals surface area (Å²) < 4.78 is 4.81. The molecular weight excluding hydrogens is 460 g/mol. The van der Waals surface area contributed by atoms with Crippen molar-refractivity contribution < 1.29 is 29.6 Å². The summed E-state index contributed by atoms with van der Waals surface area (Å²) in [6, 6.07) is 0. The molecule has 0 aromatic rings. The molecule has 0 radical (unpaired) electrons. The van der Waals surface area contributed by atoms with E-state index in [4.69, 9.17) is 9.84 Å². The zero-order valence-corrected chi connectivity index (χ0v) is 23.1. The predicted molar refractivity (Wildman–Crippen MR) is 145 cm³/mol. The van der Waals surface area contributed by atoms with Crippen molar-refractivity contribution in [3.63, 3.8) is 0 Å². The van der Waals surface area contributed by atoms with Gasteiger partial charge in [0.1, 0.15) is 6.61 Å². The van der Waals surface area contributed by atoms with Gasteiger partial charge < -0.3 is 20.1 Å². The third-order valence-electron chi connectivity index (χ3n) is 6.54. The molecular formula is C28H56N2O6. The number of aliphatic hydroxyl groups excluding tert-OH is 2. The fourth-order valence-corrected chi connectivity index (χ4v) is 4.20. The minimum Gasteiger partial charge on any atom is -0.473 e. The van der Waals surface area contributed by atoms with Gasteiger partial charge >= 0.3 is 11.9 Å². The van der Waals surface area contributed by atoms with E-state index in [0.29, 0.717) is 25.9 Å². The number of carboxylic acids is 1. The molecule has 2 unspecified atom stereocenters. The Morgan fingerprint density at radius 1 is 0.639 bits per heavy atom. The summed E-state index contributed by atoms with van der Waals surface area (Å²) in [6.07, 6.45) is 19.0. The number of hydrogen-bond donors (Lipinski definition) is 5. The highest BCUT2D eigenvalue weighted by atomic mass is 16.6. The summed E-state index contributed by atoms with van der Waals surface area (Å²) in [7, 11) is 0. The van der Waals surface area contributed by atoms with E-state index >= 15 is 0 Å².